The Bertz CT molecular complexity index is 792. The molecular weight excluding hydrogens is 302 g/mol. The third-order valence-electron chi connectivity index (χ3n) is 3.08. The number of fused-ring (bicyclic) bond motifs is 1. The highest BCUT2D eigenvalue weighted by Gasteiger charge is 2.25. The van der Waals surface area contributed by atoms with Gasteiger partial charge in [-0.15, -0.1) is 0 Å². The van der Waals surface area contributed by atoms with Crippen LogP contribution in [0.25, 0.3) is 10.9 Å². The average molecular weight is 319 g/mol. The molecule has 2 rings (SSSR count). The molecule has 2 heterocycles. The van der Waals surface area contributed by atoms with E-state index in [-0.39, 0.29) is 5.56 Å². The molecule has 0 radical (unpaired) electrons. The Labute approximate surface area is 131 Å². The number of hydrogen-bond acceptors (Lipinski definition) is 8. The Morgan fingerprint density at radius 2 is 2.09 bits per heavy atom. The lowest BCUT2D eigenvalue weighted by molar-refractivity contribution is -0.135. The molecule has 0 saturated heterocycles. The fourth-order valence-corrected chi connectivity index (χ4v) is 2.12. The van der Waals surface area contributed by atoms with E-state index in [0.717, 1.165) is 7.11 Å². The fraction of sp³-hybridized carbons (Fsp3) is 0.214. The summed E-state index contributed by atoms with van der Waals surface area (Å²) in [6, 6.07) is 0. The third kappa shape index (κ3) is 2.94. The van der Waals surface area contributed by atoms with Crippen molar-refractivity contribution in [1.29, 1.82) is 0 Å². The first kappa shape index (κ1) is 16.3. The number of H-pyrrole nitrogens is 1. The number of ketones is 1. The summed E-state index contributed by atoms with van der Waals surface area (Å²) < 4.78 is 9.69. The number of pyridine rings is 1. The number of carbonyl (C=O) groups excluding carboxylic acids is 2. The molecule has 9 heteroatoms. The van der Waals surface area contributed by atoms with Gasteiger partial charge < -0.3 is 20.2 Å². The minimum Gasteiger partial charge on any atom is -0.494 e. The van der Waals surface area contributed by atoms with Crippen molar-refractivity contribution in [1.82, 2.24) is 9.97 Å². The van der Waals surface area contributed by atoms with Gasteiger partial charge in [0.05, 0.1) is 36.9 Å². The smallest absolute Gasteiger partial charge is 0.379 e. The molecule has 2 aromatic rings. The maximum absolute atomic E-state index is 12.1. The molecule has 0 amide bonds. The zero-order chi connectivity index (χ0) is 17.1. The molecule has 23 heavy (non-hydrogen) atoms. The van der Waals surface area contributed by atoms with Gasteiger partial charge in [0.1, 0.15) is 5.75 Å². The van der Waals surface area contributed by atoms with Crippen molar-refractivity contribution in [3.05, 3.63) is 29.9 Å². The summed E-state index contributed by atoms with van der Waals surface area (Å²) in [7, 11) is 2.56. The number of nitrogens with two attached hydrogens (primary N) is 2. The summed E-state index contributed by atoms with van der Waals surface area (Å²) in [6.45, 7) is 1.67. The highest BCUT2D eigenvalue weighted by Crippen LogP contribution is 2.33. The van der Waals surface area contributed by atoms with Crippen molar-refractivity contribution in [3.8, 4) is 5.75 Å². The van der Waals surface area contributed by atoms with Crippen LogP contribution >= 0.6 is 0 Å². The number of allylic oxidation sites excluding steroid dienone is 1. The minimum absolute atomic E-state index is 0.106. The van der Waals surface area contributed by atoms with Crippen LogP contribution in [0.4, 0.5) is 5.82 Å². The van der Waals surface area contributed by atoms with Crippen LogP contribution < -0.4 is 21.3 Å². The van der Waals surface area contributed by atoms with E-state index >= 15 is 0 Å². The van der Waals surface area contributed by atoms with Gasteiger partial charge in [0.2, 0.25) is 0 Å². The van der Waals surface area contributed by atoms with Gasteiger partial charge in [-0.2, -0.15) is 0 Å². The van der Waals surface area contributed by atoms with E-state index in [1.165, 1.54) is 30.7 Å². The van der Waals surface area contributed by atoms with Crippen molar-refractivity contribution >= 4 is 28.5 Å². The molecule has 0 aliphatic heterocycles. The van der Waals surface area contributed by atoms with E-state index in [2.05, 4.69) is 14.7 Å². The van der Waals surface area contributed by atoms with Gasteiger partial charge in [-0.3, -0.25) is 9.80 Å². The molecule has 0 spiro atoms. The van der Waals surface area contributed by atoms with Crippen LogP contribution in [0.2, 0.25) is 0 Å². The molecule has 9 nitrogen and oxygen atoms in total. The number of aromatic amines is 1. The summed E-state index contributed by atoms with van der Waals surface area (Å²) in [4.78, 5) is 30.7. The van der Waals surface area contributed by atoms with Crippen molar-refractivity contribution in [2.75, 3.05) is 19.2 Å². The second-order valence-corrected chi connectivity index (χ2v) is 4.70. The lowest BCUT2D eigenvalue weighted by Gasteiger charge is -2.15. The molecule has 0 atom stereocenters. The van der Waals surface area contributed by atoms with Crippen LogP contribution in [0.3, 0.4) is 0 Å². The predicted octanol–water partition coefficient (Wildman–Crippen LogP) is 0.427. The van der Waals surface area contributed by atoms with E-state index in [9.17, 15) is 9.59 Å². The first-order valence-corrected chi connectivity index (χ1v) is 6.55. The Morgan fingerprint density at radius 3 is 2.65 bits per heavy atom. The summed E-state index contributed by atoms with van der Waals surface area (Å²) in [5.74, 6) is 4.75. The number of methoxy groups -OCH3 is 2. The number of rotatable bonds is 5. The number of nitrogens with one attached hydrogen (secondary N) is 1. The Hall–Kier alpha value is -3.07. The van der Waals surface area contributed by atoms with Crippen molar-refractivity contribution in [3.63, 3.8) is 0 Å². The van der Waals surface area contributed by atoms with Crippen LogP contribution in [0.5, 0.6) is 5.75 Å². The molecular formula is C14H17N5O4. The number of Topliss-reactive ketones (excluding diaryl/α,β-unsaturated/α-hetero) is 1. The lowest BCUT2D eigenvalue weighted by Crippen LogP contribution is -2.27. The van der Waals surface area contributed by atoms with E-state index in [0.29, 0.717) is 28.2 Å². The Morgan fingerprint density at radius 1 is 1.39 bits per heavy atom. The van der Waals surface area contributed by atoms with E-state index in [1.807, 2.05) is 0 Å². The number of anilines is 1. The van der Waals surface area contributed by atoms with Gasteiger partial charge in [0, 0.05) is 18.1 Å². The van der Waals surface area contributed by atoms with E-state index in [1.54, 1.807) is 6.92 Å². The predicted molar refractivity (Wildman–Crippen MR) is 83.6 cm³/mol. The zero-order valence-corrected chi connectivity index (χ0v) is 12.9. The second kappa shape index (κ2) is 6.36. The van der Waals surface area contributed by atoms with Crippen molar-refractivity contribution < 1.29 is 19.1 Å². The zero-order valence-electron chi connectivity index (χ0n) is 12.9. The van der Waals surface area contributed by atoms with Gasteiger partial charge in [0.25, 0.3) is 5.78 Å². The minimum atomic E-state index is -0.978. The van der Waals surface area contributed by atoms with Crippen LogP contribution in [0, 0.1) is 0 Å². The maximum Gasteiger partial charge on any atom is 0.379 e. The number of hydrazine groups is 1. The molecule has 0 fully saturated rings. The first-order chi connectivity index (χ1) is 10.9. The molecule has 0 bridgehead atoms. The van der Waals surface area contributed by atoms with Crippen LogP contribution in [0.1, 0.15) is 17.3 Å². The van der Waals surface area contributed by atoms with Gasteiger partial charge in [-0.05, 0) is 6.92 Å². The highest BCUT2D eigenvalue weighted by atomic mass is 16.5. The number of aromatic nitrogens is 2. The number of esters is 1. The topological polar surface area (TPSA) is 137 Å². The summed E-state index contributed by atoms with van der Waals surface area (Å²) in [6.07, 6.45) is 4.25. The molecule has 2 aromatic heterocycles. The third-order valence-corrected chi connectivity index (χ3v) is 3.08. The molecule has 0 saturated carbocycles. The van der Waals surface area contributed by atoms with Gasteiger partial charge >= 0.3 is 5.97 Å². The summed E-state index contributed by atoms with van der Waals surface area (Å²) in [5, 5.41) is 1.59. The molecule has 5 N–H and O–H groups in total. The van der Waals surface area contributed by atoms with Crippen LogP contribution in [-0.2, 0) is 9.53 Å². The molecule has 122 valence electrons. The van der Waals surface area contributed by atoms with E-state index < -0.39 is 11.8 Å². The second-order valence-electron chi connectivity index (χ2n) is 4.70. The average Bonchev–Trinajstić information content (AvgIpc) is 2.96. The number of hydrogen-bond donors (Lipinski definition) is 3. The highest BCUT2D eigenvalue weighted by molar-refractivity contribution is 6.43. The first-order valence-electron chi connectivity index (χ1n) is 6.55. The SMILES string of the molecule is COC(=O)C(=O)c1c[nH]c2c(N(N)/C=C(/C)N)ncc(OC)c12. The number of ether oxygens (including phenoxy) is 2. The Balaban J connectivity index is 2.68. The summed E-state index contributed by atoms with van der Waals surface area (Å²) >= 11 is 0. The fourth-order valence-electron chi connectivity index (χ4n) is 2.12. The van der Waals surface area contributed by atoms with Crippen LogP contribution in [-0.4, -0.2) is 35.9 Å². The summed E-state index contributed by atoms with van der Waals surface area (Å²) in [5.41, 5.74) is 6.60. The number of nitrogens with zero attached hydrogens (tertiary/aromatic N) is 2. The van der Waals surface area contributed by atoms with Gasteiger partial charge in [0.15, 0.2) is 5.82 Å². The van der Waals surface area contributed by atoms with Gasteiger partial charge in [-0.1, -0.05) is 0 Å². The van der Waals surface area contributed by atoms with Crippen molar-refractivity contribution in [2.45, 2.75) is 6.92 Å². The quantitative estimate of drug-likeness (QED) is 0.237. The van der Waals surface area contributed by atoms with Crippen molar-refractivity contribution in [2.24, 2.45) is 11.6 Å². The normalized spacial score (nSPS) is 11.4. The number of carbonyl (C=O) groups is 2. The van der Waals surface area contributed by atoms with Crippen LogP contribution in [0.15, 0.2) is 24.3 Å². The van der Waals surface area contributed by atoms with Gasteiger partial charge in [-0.25, -0.2) is 15.6 Å². The largest absolute Gasteiger partial charge is 0.494 e. The monoisotopic (exact) mass is 319 g/mol. The Kier molecular flexibility index (Phi) is 4.51. The molecule has 0 unspecified atom stereocenters. The lowest BCUT2D eigenvalue weighted by atomic mass is 10.1. The molecule has 0 aliphatic carbocycles. The maximum atomic E-state index is 12.1. The molecule has 0 aliphatic rings. The standard InChI is InChI=1S/C14H17N5O4/c1-7(15)6-19(16)13-11-10(9(22-2)5-18-13)8(4-17-11)12(20)14(21)23-3/h4-6,17H,15-16H2,1-3H3/b7-6-. The molecule has 0 aromatic carbocycles. The van der Waals surface area contributed by atoms with E-state index in [4.69, 9.17) is 16.3 Å².